The Balaban J connectivity index is 1.74. The number of sulfonamides is 1. The lowest BCUT2D eigenvalue weighted by molar-refractivity contribution is -0.126. The minimum Gasteiger partial charge on any atom is -0.496 e. The van der Waals surface area contributed by atoms with E-state index in [2.05, 4.69) is 25.2 Å². The van der Waals surface area contributed by atoms with Gasteiger partial charge in [-0.25, -0.2) is 8.42 Å². The highest BCUT2D eigenvalue weighted by molar-refractivity contribution is 7.89. The van der Waals surface area contributed by atoms with Gasteiger partial charge in [-0.3, -0.25) is 4.79 Å². The summed E-state index contributed by atoms with van der Waals surface area (Å²) in [5, 5.41) is 3.59. The Morgan fingerprint density at radius 2 is 1.82 bits per heavy atom. The molecule has 0 spiro atoms. The first-order valence-electron chi connectivity index (χ1n) is 11.3. The lowest BCUT2D eigenvalue weighted by Gasteiger charge is -2.32. The van der Waals surface area contributed by atoms with Crippen LogP contribution in [-0.2, 0) is 14.8 Å². The number of piperidine rings is 1. The van der Waals surface area contributed by atoms with Crippen LogP contribution in [0.2, 0.25) is 5.02 Å². The summed E-state index contributed by atoms with van der Waals surface area (Å²) in [6.07, 6.45) is 1.29. The van der Waals surface area contributed by atoms with Crippen LogP contribution in [0.3, 0.4) is 0 Å². The summed E-state index contributed by atoms with van der Waals surface area (Å²) in [6, 6.07) is 10.0. The summed E-state index contributed by atoms with van der Waals surface area (Å²) >= 11 is 5.90. The zero-order chi connectivity index (χ0) is 24.3. The van der Waals surface area contributed by atoms with E-state index in [-0.39, 0.29) is 29.3 Å². The second-order valence-electron chi connectivity index (χ2n) is 8.99. The number of rotatable bonds is 7. The van der Waals surface area contributed by atoms with E-state index < -0.39 is 15.9 Å². The minimum atomic E-state index is -3.67. The number of amides is 1. The summed E-state index contributed by atoms with van der Waals surface area (Å²) in [5.74, 6) is 0.610. The predicted octanol–water partition coefficient (Wildman–Crippen LogP) is 5.06. The van der Waals surface area contributed by atoms with Crippen molar-refractivity contribution in [2.24, 2.45) is 5.92 Å². The molecule has 0 aliphatic carbocycles. The molecule has 3 rings (SSSR count). The zero-order valence-electron chi connectivity index (χ0n) is 19.9. The molecule has 2 aromatic carbocycles. The summed E-state index contributed by atoms with van der Waals surface area (Å²) in [4.78, 5) is 13.3. The number of hydrogen-bond donors (Lipinski definition) is 1. The number of ether oxygens (including phenoxy) is 1. The molecule has 1 heterocycles. The van der Waals surface area contributed by atoms with Gasteiger partial charge in [0.2, 0.25) is 15.9 Å². The Hall–Kier alpha value is -2.09. The van der Waals surface area contributed by atoms with Gasteiger partial charge in [-0.05, 0) is 85.7 Å². The van der Waals surface area contributed by atoms with Gasteiger partial charge in [0.25, 0.3) is 0 Å². The second-order valence-corrected chi connectivity index (χ2v) is 11.4. The number of carbonyl (C=O) groups excluding carboxylic acids is 1. The van der Waals surface area contributed by atoms with Crippen molar-refractivity contribution < 1.29 is 17.9 Å². The molecule has 180 valence electrons. The van der Waals surface area contributed by atoms with Crippen molar-refractivity contribution in [1.82, 2.24) is 9.62 Å². The summed E-state index contributed by atoms with van der Waals surface area (Å²) in [7, 11) is -2.01. The Morgan fingerprint density at radius 3 is 2.42 bits per heavy atom. The third kappa shape index (κ3) is 5.70. The van der Waals surface area contributed by atoms with Gasteiger partial charge in [-0.2, -0.15) is 4.31 Å². The number of nitrogens with zero attached hydrogens (tertiary/aromatic N) is 1. The van der Waals surface area contributed by atoms with Gasteiger partial charge in [0.1, 0.15) is 5.75 Å². The van der Waals surface area contributed by atoms with E-state index in [4.69, 9.17) is 16.3 Å². The first-order valence-corrected chi connectivity index (χ1v) is 13.1. The SMILES string of the molecule is COc1cc(C)c([C@@H](C)NC(=O)[C@@H]2CCCN(S(=O)(=O)c3ccc(Cl)cc3)C2)cc1C(C)C. The van der Waals surface area contributed by atoms with Crippen molar-refractivity contribution in [3.05, 3.63) is 58.1 Å². The fraction of sp³-hybridized carbons (Fsp3) is 0.480. The molecular formula is C25H33ClN2O4S. The van der Waals surface area contributed by atoms with E-state index in [1.807, 2.05) is 19.9 Å². The number of benzene rings is 2. The topological polar surface area (TPSA) is 75.7 Å². The van der Waals surface area contributed by atoms with Crippen LogP contribution in [0.1, 0.15) is 62.3 Å². The van der Waals surface area contributed by atoms with Crippen molar-refractivity contribution in [2.75, 3.05) is 20.2 Å². The standard InChI is InChI=1S/C25H33ClN2O4S/c1-16(2)22-14-23(17(3)13-24(22)32-5)18(4)27-25(29)19-7-6-12-28(15-19)33(30,31)21-10-8-20(26)9-11-21/h8-11,13-14,16,18-19H,6-7,12,15H2,1-5H3,(H,27,29)/t18-,19-/m1/s1. The number of nitrogens with one attached hydrogen (secondary N) is 1. The van der Waals surface area contributed by atoms with Crippen LogP contribution in [0, 0.1) is 12.8 Å². The van der Waals surface area contributed by atoms with E-state index in [1.165, 1.54) is 16.4 Å². The number of halogens is 1. The Labute approximate surface area is 202 Å². The maximum absolute atomic E-state index is 13.1. The first-order chi connectivity index (χ1) is 15.5. The van der Waals surface area contributed by atoms with Gasteiger partial charge >= 0.3 is 0 Å². The van der Waals surface area contributed by atoms with Crippen molar-refractivity contribution >= 4 is 27.5 Å². The Kier molecular flexibility index (Phi) is 8.08. The molecule has 8 heteroatoms. The second kappa shape index (κ2) is 10.5. The average Bonchev–Trinajstić information content (AvgIpc) is 2.78. The normalized spacial score (nSPS) is 18.2. The van der Waals surface area contributed by atoms with Crippen LogP contribution in [0.5, 0.6) is 5.75 Å². The fourth-order valence-electron chi connectivity index (χ4n) is 4.35. The average molecular weight is 493 g/mol. The molecule has 1 fully saturated rings. The van der Waals surface area contributed by atoms with Crippen molar-refractivity contribution in [3.8, 4) is 5.75 Å². The van der Waals surface area contributed by atoms with Crippen LogP contribution in [0.15, 0.2) is 41.3 Å². The largest absolute Gasteiger partial charge is 0.496 e. The molecule has 0 unspecified atom stereocenters. The Morgan fingerprint density at radius 1 is 1.15 bits per heavy atom. The monoisotopic (exact) mass is 492 g/mol. The lowest BCUT2D eigenvalue weighted by Crippen LogP contribution is -2.45. The van der Waals surface area contributed by atoms with E-state index in [9.17, 15) is 13.2 Å². The first kappa shape index (κ1) is 25.5. The van der Waals surface area contributed by atoms with Crippen LogP contribution >= 0.6 is 11.6 Å². The molecule has 1 amide bonds. The van der Waals surface area contributed by atoms with Gasteiger partial charge in [-0.1, -0.05) is 25.4 Å². The molecule has 1 aliphatic heterocycles. The number of methoxy groups -OCH3 is 1. The molecule has 2 aromatic rings. The van der Waals surface area contributed by atoms with E-state index in [0.29, 0.717) is 24.4 Å². The van der Waals surface area contributed by atoms with E-state index >= 15 is 0 Å². The molecule has 33 heavy (non-hydrogen) atoms. The summed E-state index contributed by atoms with van der Waals surface area (Å²) in [5.41, 5.74) is 3.17. The molecule has 1 saturated heterocycles. The fourth-order valence-corrected chi connectivity index (χ4v) is 6.00. The molecule has 0 aromatic heterocycles. The third-order valence-corrected chi connectivity index (χ3v) is 8.40. The summed E-state index contributed by atoms with van der Waals surface area (Å²) in [6.45, 7) is 8.76. The number of aryl methyl sites for hydroxylation is 1. The number of carbonyl (C=O) groups is 1. The quantitative estimate of drug-likeness (QED) is 0.586. The van der Waals surface area contributed by atoms with E-state index in [0.717, 1.165) is 22.4 Å². The molecule has 0 saturated carbocycles. The van der Waals surface area contributed by atoms with Crippen LogP contribution in [0.25, 0.3) is 0 Å². The molecule has 1 aliphatic rings. The minimum absolute atomic E-state index is 0.125. The van der Waals surface area contributed by atoms with Gasteiger partial charge in [-0.15, -0.1) is 0 Å². The van der Waals surface area contributed by atoms with Crippen molar-refractivity contribution in [1.29, 1.82) is 0 Å². The van der Waals surface area contributed by atoms with Crippen molar-refractivity contribution in [3.63, 3.8) is 0 Å². The maximum atomic E-state index is 13.1. The number of hydrogen-bond acceptors (Lipinski definition) is 4. The smallest absolute Gasteiger partial charge is 0.243 e. The van der Waals surface area contributed by atoms with Gasteiger partial charge in [0.15, 0.2) is 0 Å². The van der Waals surface area contributed by atoms with Gasteiger partial charge in [0, 0.05) is 18.1 Å². The highest BCUT2D eigenvalue weighted by Crippen LogP contribution is 2.32. The predicted molar refractivity (Wildman–Crippen MR) is 131 cm³/mol. The Bertz CT molecular complexity index is 1100. The summed E-state index contributed by atoms with van der Waals surface area (Å²) < 4.78 is 33.0. The van der Waals surface area contributed by atoms with Crippen LogP contribution in [-0.4, -0.2) is 38.8 Å². The molecule has 0 bridgehead atoms. The highest BCUT2D eigenvalue weighted by atomic mass is 35.5. The van der Waals surface area contributed by atoms with Gasteiger partial charge < -0.3 is 10.1 Å². The van der Waals surface area contributed by atoms with Crippen molar-refractivity contribution in [2.45, 2.75) is 57.4 Å². The van der Waals surface area contributed by atoms with Crippen LogP contribution < -0.4 is 10.1 Å². The molecular weight excluding hydrogens is 460 g/mol. The highest BCUT2D eigenvalue weighted by Gasteiger charge is 2.34. The van der Waals surface area contributed by atoms with Crippen LogP contribution in [0.4, 0.5) is 0 Å². The van der Waals surface area contributed by atoms with Gasteiger partial charge in [0.05, 0.1) is 24.0 Å². The third-order valence-electron chi connectivity index (χ3n) is 6.27. The molecule has 6 nitrogen and oxygen atoms in total. The zero-order valence-corrected chi connectivity index (χ0v) is 21.5. The van der Waals surface area contributed by atoms with E-state index in [1.54, 1.807) is 19.2 Å². The molecule has 1 N–H and O–H groups in total. The maximum Gasteiger partial charge on any atom is 0.243 e. The molecule has 2 atom stereocenters. The molecule has 0 radical (unpaired) electrons. The lowest BCUT2D eigenvalue weighted by atomic mass is 9.92.